The molecule has 1 aliphatic carbocycles. The molecule has 8 heteroatoms. The van der Waals surface area contributed by atoms with Crippen LogP contribution in [0.5, 0.6) is 0 Å². The Labute approximate surface area is 124 Å². The van der Waals surface area contributed by atoms with Gasteiger partial charge in [0.25, 0.3) is 0 Å². The van der Waals surface area contributed by atoms with Crippen molar-refractivity contribution in [2.45, 2.75) is 6.42 Å². The van der Waals surface area contributed by atoms with E-state index >= 15 is 0 Å². The molecule has 1 aromatic carbocycles. The van der Waals surface area contributed by atoms with Crippen molar-refractivity contribution in [2.75, 3.05) is 5.32 Å². The number of amides is 1. The summed E-state index contributed by atoms with van der Waals surface area (Å²) in [5.41, 5.74) is 0.964. The SMILES string of the molecule is O=C(O)C1CC1C(=O)Nc1cccc(Cl)c1-n1cncn1. The maximum absolute atomic E-state index is 12.1. The van der Waals surface area contributed by atoms with Crippen molar-refractivity contribution < 1.29 is 14.7 Å². The van der Waals surface area contributed by atoms with Crippen molar-refractivity contribution in [3.63, 3.8) is 0 Å². The normalized spacial score (nSPS) is 20.0. The second-order valence-electron chi connectivity index (χ2n) is 4.75. The van der Waals surface area contributed by atoms with Crippen LogP contribution in [0.2, 0.25) is 5.02 Å². The molecule has 108 valence electrons. The summed E-state index contributed by atoms with van der Waals surface area (Å²) in [6.07, 6.45) is 3.19. The zero-order valence-electron chi connectivity index (χ0n) is 10.7. The molecule has 7 nitrogen and oxygen atoms in total. The van der Waals surface area contributed by atoms with Crippen molar-refractivity contribution >= 4 is 29.2 Å². The van der Waals surface area contributed by atoms with Gasteiger partial charge in [-0.3, -0.25) is 9.59 Å². The van der Waals surface area contributed by atoms with E-state index in [9.17, 15) is 9.59 Å². The Morgan fingerprint density at radius 2 is 2.19 bits per heavy atom. The number of carboxylic acids is 1. The molecule has 1 aromatic heterocycles. The van der Waals surface area contributed by atoms with E-state index in [4.69, 9.17) is 16.7 Å². The number of nitrogens with one attached hydrogen (secondary N) is 1. The number of hydrogen-bond acceptors (Lipinski definition) is 4. The lowest BCUT2D eigenvalue weighted by Gasteiger charge is -2.12. The fourth-order valence-corrected chi connectivity index (χ4v) is 2.42. The number of carbonyl (C=O) groups is 2. The van der Waals surface area contributed by atoms with Crippen LogP contribution in [0.3, 0.4) is 0 Å². The van der Waals surface area contributed by atoms with Crippen LogP contribution in [0.15, 0.2) is 30.9 Å². The first-order valence-corrected chi connectivity index (χ1v) is 6.63. The van der Waals surface area contributed by atoms with Gasteiger partial charge in [-0.2, -0.15) is 5.10 Å². The van der Waals surface area contributed by atoms with Gasteiger partial charge in [-0.1, -0.05) is 17.7 Å². The number of anilines is 1. The summed E-state index contributed by atoms with van der Waals surface area (Å²) >= 11 is 6.14. The molecule has 2 aromatic rings. The summed E-state index contributed by atoms with van der Waals surface area (Å²) in [6, 6.07) is 5.05. The number of hydrogen-bond donors (Lipinski definition) is 2. The van der Waals surface area contributed by atoms with Crippen LogP contribution in [-0.2, 0) is 9.59 Å². The van der Waals surface area contributed by atoms with Crippen molar-refractivity contribution in [3.8, 4) is 5.69 Å². The first-order chi connectivity index (χ1) is 10.1. The number of halogens is 1. The number of carboxylic acid groups (broad SMARTS) is 1. The highest BCUT2D eigenvalue weighted by atomic mass is 35.5. The van der Waals surface area contributed by atoms with Crippen molar-refractivity contribution in [2.24, 2.45) is 11.8 Å². The summed E-state index contributed by atoms with van der Waals surface area (Å²) in [6.45, 7) is 0. The summed E-state index contributed by atoms with van der Waals surface area (Å²) < 4.78 is 1.44. The number of aromatic nitrogens is 3. The Morgan fingerprint density at radius 3 is 2.81 bits per heavy atom. The van der Waals surface area contributed by atoms with Gasteiger partial charge in [-0.15, -0.1) is 0 Å². The Bertz CT molecular complexity index is 701. The Morgan fingerprint density at radius 1 is 1.38 bits per heavy atom. The second kappa shape index (κ2) is 5.17. The number of rotatable bonds is 4. The van der Waals surface area contributed by atoms with E-state index in [0.717, 1.165) is 0 Å². The van der Waals surface area contributed by atoms with E-state index in [2.05, 4.69) is 15.4 Å². The molecule has 0 aliphatic heterocycles. The number of nitrogens with zero attached hydrogens (tertiary/aromatic N) is 3. The van der Waals surface area contributed by atoms with Crippen molar-refractivity contribution in [1.82, 2.24) is 14.8 Å². The van der Waals surface area contributed by atoms with E-state index in [1.807, 2.05) is 0 Å². The van der Waals surface area contributed by atoms with E-state index in [1.165, 1.54) is 17.3 Å². The molecule has 1 aliphatic rings. The first-order valence-electron chi connectivity index (χ1n) is 6.25. The molecule has 2 atom stereocenters. The van der Waals surface area contributed by atoms with E-state index in [-0.39, 0.29) is 5.91 Å². The predicted molar refractivity (Wildman–Crippen MR) is 74.2 cm³/mol. The van der Waals surface area contributed by atoms with Crippen molar-refractivity contribution in [1.29, 1.82) is 0 Å². The highest BCUT2D eigenvalue weighted by Crippen LogP contribution is 2.40. The predicted octanol–water partition coefficient (Wildman–Crippen LogP) is 1.58. The zero-order valence-corrected chi connectivity index (χ0v) is 11.5. The average Bonchev–Trinajstić information content (AvgIpc) is 3.08. The number of aliphatic carboxylic acids is 1. The fraction of sp³-hybridized carbons (Fsp3) is 0.231. The Balaban J connectivity index is 1.85. The summed E-state index contributed by atoms with van der Waals surface area (Å²) in [5, 5.41) is 16.0. The van der Waals surface area contributed by atoms with Crippen LogP contribution in [0, 0.1) is 11.8 Å². The quantitative estimate of drug-likeness (QED) is 0.894. The number of benzene rings is 1. The summed E-state index contributed by atoms with van der Waals surface area (Å²) in [4.78, 5) is 26.7. The third-order valence-corrected chi connectivity index (χ3v) is 3.64. The fourth-order valence-electron chi connectivity index (χ4n) is 2.16. The van der Waals surface area contributed by atoms with Crippen LogP contribution in [0.1, 0.15) is 6.42 Å². The van der Waals surface area contributed by atoms with E-state index in [0.29, 0.717) is 22.8 Å². The monoisotopic (exact) mass is 306 g/mol. The van der Waals surface area contributed by atoms with E-state index in [1.54, 1.807) is 18.2 Å². The minimum absolute atomic E-state index is 0.328. The molecule has 0 spiro atoms. The topological polar surface area (TPSA) is 97.1 Å². The number of carbonyl (C=O) groups excluding carboxylic acids is 1. The molecule has 1 fully saturated rings. The molecular weight excluding hydrogens is 296 g/mol. The van der Waals surface area contributed by atoms with Gasteiger partial charge in [0.05, 0.1) is 22.5 Å². The van der Waals surface area contributed by atoms with Crippen LogP contribution in [-0.4, -0.2) is 31.7 Å². The van der Waals surface area contributed by atoms with Gasteiger partial charge in [0, 0.05) is 0 Å². The molecule has 2 N–H and O–H groups in total. The molecule has 0 saturated heterocycles. The molecule has 1 amide bonds. The van der Waals surface area contributed by atoms with Crippen LogP contribution in [0.4, 0.5) is 5.69 Å². The molecular formula is C13H11ClN4O3. The lowest BCUT2D eigenvalue weighted by Crippen LogP contribution is -2.18. The maximum Gasteiger partial charge on any atom is 0.307 e. The Hall–Kier alpha value is -2.41. The van der Waals surface area contributed by atoms with Gasteiger partial charge in [0.2, 0.25) is 5.91 Å². The lowest BCUT2D eigenvalue weighted by molar-refractivity contribution is -0.139. The third-order valence-electron chi connectivity index (χ3n) is 3.34. The molecule has 2 unspecified atom stereocenters. The standard InChI is InChI=1S/C13H11ClN4O3/c14-9-2-1-3-10(11(9)18-6-15-5-16-18)17-12(19)7-4-8(7)13(20)21/h1-3,5-8H,4H2,(H,17,19)(H,20,21). The lowest BCUT2D eigenvalue weighted by atomic mass is 10.2. The van der Waals surface area contributed by atoms with Gasteiger partial charge in [0.1, 0.15) is 18.3 Å². The molecule has 0 bridgehead atoms. The third kappa shape index (κ3) is 2.59. The largest absolute Gasteiger partial charge is 0.481 e. The zero-order chi connectivity index (χ0) is 15.0. The average molecular weight is 307 g/mol. The van der Waals surface area contributed by atoms with Gasteiger partial charge in [-0.05, 0) is 18.6 Å². The van der Waals surface area contributed by atoms with Gasteiger partial charge in [-0.25, -0.2) is 9.67 Å². The van der Waals surface area contributed by atoms with Crippen LogP contribution in [0.25, 0.3) is 5.69 Å². The summed E-state index contributed by atoms with van der Waals surface area (Å²) in [5.74, 6) is -2.37. The molecule has 3 rings (SSSR count). The van der Waals surface area contributed by atoms with Crippen LogP contribution < -0.4 is 5.32 Å². The Kier molecular flexibility index (Phi) is 3.34. The number of para-hydroxylation sites is 1. The smallest absolute Gasteiger partial charge is 0.307 e. The highest BCUT2D eigenvalue weighted by molar-refractivity contribution is 6.33. The molecule has 1 heterocycles. The summed E-state index contributed by atoms with van der Waals surface area (Å²) in [7, 11) is 0. The molecule has 21 heavy (non-hydrogen) atoms. The van der Waals surface area contributed by atoms with Crippen molar-refractivity contribution in [3.05, 3.63) is 35.9 Å². The second-order valence-corrected chi connectivity index (χ2v) is 5.16. The molecule has 0 radical (unpaired) electrons. The minimum atomic E-state index is -0.947. The van der Waals surface area contributed by atoms with Gasteiger partial charge in [0.15, 0.2) is 0 Å². The first kappa shape index (κ1) is 13.6. The highest BCUT2D eigenvalue weighted by Gasteiger charge is 2.48. The van der Waals surface area contributed by atoms with Gasteiger partial charge >= 0.3 is 5.97 Å². The molecule has 1 saturated carbocycles. The minimum Gasteiger partial charge on any atom is -0.481 e. The van der Waals surface area contributed by atoms with Gasteiger partial charge < -0.3 is 10.4 Å². The maximum atomic E-state index is 12.1. The van der Waals surface area contributed by atoms with E-state index < -0.39 is 17.8 Å². The van der Waals surface area contributed by atoms with Crippen LogP contribution >= 0.6 is 11.6 Å².